The number of hydrogen-bond donors (Lipinski definition) is 1. The predicted molar refractivity (Wildman–Crippen MR) is 142 cm³/mol. The minimum absolute atomic E-state index is 0. The lowest BCUT2D eigenvalue weighted by Gasteiger charge is -2.36. The largest absolute Gasteiger partial charge is 0.336 e. The molecule has 0 spiro atoms. The van der Waals surface area contributed by atoms with E-state index >= 15 is 0 Å². The summed E-state index contributed by atoms with van der Waals surface area (Å²) < 4.78 is 0. The Kier molecular flexibility index (Phi) is 9.46. The van der Waals surface area contributed by atoms with E-state index in [-0.39, 0.29) is 36.3 Å². The number of ketones is 1. The van der Waals surface area contributed by atoms with Crippen LogP contribution in [-0.4, -0.2) is 89.5 Å². The van der Waals surface area contributed by atoms with Gasteiger partial charge in [-0.15, -0.1) is 24.8 Å². The van der Waals surface area contributed by atoms with Crippen LogP contribution in [0.1, 0.15) is 34.3 Å². The molecule has 0 unspecified atom stereocenters. The van der Waals surface area contributed by atoms with Gasteiger partial charge in [0.1, 0.15) is 5.78 Å². The molecule has 5 rings (SSSR count). The second-order valence-corrected chi connectivity index (χ2v) is 10.1. The fourth-order valence-electron chi connectivity index (χ4n) is 4.99. The summed E-state index contributed by atoms with van der Waals surface area (Å²) >= 11 is 1.79. The van der Waals surface area contributed by atoms with E-state index in [0.717, 1.165) is 92.3 Å². The van der Waals surface area contributed by atoms with Crippen LogP contribution in [0.3, 0.4) is 0 Å². The zero-order valence-electron chi connectivity index (χ0n) is 19.2. The number of halogens is 2. The number of carbonyl (C=O) groups excluding carboxylic acids is 2. The van der Waals surface area contributed by atoms with E-state index in [1.165, 1.54) is 0 Å². The standard InChI is InChI=1S/C24H30N4O3S.2ClH/c29-18-3-6-26(7-4-18)8-9-27-10-12-28(13-11-27)24(31)17-1-2-22-20(15-17)19-5-14-32-16-21(19)23(30)25-22;;/h1-2,15H,3-14,16H2,(H,25,30);2*1H. The van der Waals surface area contributed by atoms with Gasteiger partial charge in [-0.05, 0) is 35.9 Å². The molecule has 1 aromatic heterocycles. The number of pyridine rings is 1. The van der Waals surface area contributed by atoms with Crippen molar-refractivity contribution >= 4 is 59.2 Å². The summed E-state index contributed by atoms with van der Waals surface area (Å²) in [6, 6.07) is 5.70. The zero-order chi connectivity index (χ0) is 22.1. The number of carbonyl (C=O) groups is 2. The number of piperazine rings is 1. The van der Waals surface area contributed by atoms with E-state index in [0.29, 0.717) is 24.2 Å². The van der Waals surface area contributed by atoms with Crippen molar-refractivity contribution < 1.29 is 9.59 Å². The molecule has 1 aromatic carbocycles. The Hall–Kier alpha value is -1.58. The van der Waals surface area contributed by atoms with Crippen molar-refractivity contribution in [2.24, 2.45) is 0 Å². The van der Waals surface area contributed by atoms with Crippen LogP contribution in [-0.2, 0) is 17.0 Å². The van der Waals surface area contributed by atoms with Gasteiger partial charge >= 0.3 is 0 Å². The van der Waals surface area contributed by atoms with Gasteiger partial charge in [-0.1, -0.05) is 0 Å². The number of aryl methyl sites for hydroxylation is 1. The fraction of sp³-hybridized carbons (Fsp3) is 0.542. The summed E-state index contributed by atoms with van der Waals surface area (Å²) in [6.45, 7) is 6.97. The molecular weight excluding hydrogens is 495 g/mol. The maximum absolute atomic E-state index is 13.2. The topological polar surface area (TPSA) is 76.7 Å². The lowest BCUT2D eigenvalue weighted by molar-refractivity contribution is -0.121. The first-order valence-electron chi connectivity index (χ1n) is 11.6. The lowest BCUT2D eigenvalue weighted by Crippen LogP contribution is -2.50. The summed E-state index contributed by atoms with van der Waals surface area (Å²) in [4.78, 5) is 46.7. The summed E-state index contributed by atoms with van der Waals surface area (Å²) in [5.74, 6) is 2.22. The average Bonchev–Trinajstić information content (AvgIpc) is 2.84. The van der Waals surface area contributed by atoms with Crippen LogP contribution in [0, 0.1) is 0 Å². The van der Waals surface area contributed by atoms with Crippen molar-refractivity contribution in [1.82, 2.24) is 19.7 Å². The number of aromatic nitrogens is 1. The number of amides is 1. The number of aromatic amines is 1. The number of benzene rings is 1. The number of nitrogens with one attached hydrogen (secondary N) is 1. The summed E-state index contributed by atoms with van der Waals surface area (Å²) in [5.41, 5.74) is 3.51. The Morgan fingerprint density at radius 2 is 1.56 bits per heavy atom. The van der Waals surface area contributed by atoms with Gasteiger partial charge in [-0.2, -0.15) is 11.8 Å². The quantitative estimate of drug-likeness (QED) is 0.659. The van der Waals surface area contributed by atoms with Gasteiger partial charge < -0.3 is 14.8 Å². The van der Waals surface area contributed by atoms with Gasteiger partial charge in [-0.3, -0.25) is 19.3 Å². The Morgan fingerprint density at radius 3 is 2.26 bits per heavy atom. The number of H-pyrrole nitrogens is 1. The molecule has 0 saturated carbocycles. The summed E-state index contributed by atoms with van der Waals surface area (Å²) in [5, 5.41) is 1.02. The Morgan fingerprint density at radius 1 is 0.882 bits per heavy atom. The van der Waals surface area contributed by atoms with E-state index in [4.69, 9.17) is 0 Å². The average molecular weight is 528 g/mol. The van der Waals surface area contributed by atoms with Gasteiger partial charge in [0, 0.05) is 93.0 Å². The van der Waals surface area contributed by atoms with Gasteiger partial charge in [0.25, 0.3) is 11.5 Å². The molecule has 3 aliphatic rings. The number of piperidine rings is 1. The molecule has 0 radical (unpaired) electrons. The molecule has 1 amide bonds. The highest BCUT2D eigenvalue weighted by Crippen LogP contribution is 2.28. The number of nitrogens with zero attached hydrogens (tertiary/aromatic N) is 3. The van der Waals surface area contributed by atoms with Crippen molar-refractivity contribution in [3.63, 3.8) is 0 Å². The van der Waals surface area contributed by atoms with Crippen molar-refractivity contribution in [3.05, 3.63) is 45.2 Å². The van der Waals surface area contributed by atoms with Gasteiger partial charge in [0.15, 0.2) is 0 Å². The second kappa shape index (κ2) is 11.9. The fourth-order valence-corrected chi connectivity index (χ4v) is 5.99. The van der Waals surface area contributed by atoms with Crippen molar-refractivity contribution in [1.29, 1.82) is 0 Å². The number of rotatable bonds is 4. The van der Waals surface area contributed by atoms with E-state index in [1.807, 2.05) is 23.1 Å². The van der Waals surface area contributed by atoms with Crippen LogP contribution < -0.4 is 5.56 Å². The third-order valence-electron chi connectivity index (χ3n) is 7.03. The molecule has 0 atom stereocenters. The number of Topliss-reactive ketones (excluding diaryl/α,β-unsaturated/α-hetero) is 1. The third-order valence-corrected chi connectivity index (χ3v) is 8.01. The molecule has 7 nitrogen and oxygen atoms in total. The van der Waals surface area contributed by atoms with Crippen LogP contribution in [0.4, 0.5) is 0 Å². The maximum atomic E-state index is 13.2. The molecule has 0 aliphatic carbocycles. The predicted octanol–water partition coefficient (Wildman–Crippen LogP) is 2.58. The smallest absolute Gasteiger partial charge is 0.253 e. The van der Waals surface area contributed by atoms with Crippen molar-refractivity contribution in [2.75, 3.05) is 58.1 Å². The summed E-state index contributed by atoms with van der Waals surface area (Å²) in [6.07, 6.45) is 2.25. The van der Waals surface area contributed by atoms with Crippen LogP contribution in [0.15, 0.2) is 23.0 Å². The SMILES string of the molecule is Cl.Cl.O=C1CCN(CCN2CCN(C(=O)c3ccc4[nH]c(=O)c5c(c4c3)CCSC5)CC2)CC1. The lowest BCUT2D eigenvalue weighted by atomic mass is 9.99. The maximum Gasteiger partial charge on any atom is 0.253 e. The number of fused-ring (bicyclic) bond motifs is 3. The van der Waals surface area contributed by atoms with Gasteiger partial charge in [0.05, 0.1) is 0 Å². The van der Waals surface area contributed by atoms with E-state index in [9.17, 15) is 14.4 Å². The van der Waals surface area contributed by atoms with Gasteiger partial charge in [-0.25, -0.2) is 0 Å². The van der Waals surface area contributed by atoms with Gasteiger partial charge in [0.2, 0.25) is 0 Å². The highest BCUT2D eigenvalue weighted by molar-refractivity contribution is 7.98. The van der Waals surface area contributed by atoms with Crippen LogP contribution in [0.5, 0.6) is 0 Å². The minimum Gasteiger partial charge on any atom is -0.336 e. The molecule has 0 bridgehead atoms. The van der Waals surface area contributed by atoms with E-state index < -0.39 is 0 Å². The first-order chi connectivity index (χ1) is 15.6. The second-order valence-electron chi connectivity index (χ2n) is 8.99. The zero-order valence-corrected chi connectivity index (χ0v) is 21.7. The number of thioether (sulfide) groups is 1. The Bertz CT molecular complexity index is 1090. The molecule has 10 heteroatoms. The highest BCUT2D eigenvalue weighted by Gasteiger charge is 2.24. The Balaban J connectivity index is 0.00000162. The molecule has 2 aromatic rings. The first-order valence-corrected chi connectivity index (χ1v) is 12.8. The highest BCUT2D eigenvalue weighted by atomic mass is 35.5. The number of likely N-dealkylation sites (tertiary alicyclic amines) is 1. The van der Waals surface area contributed by atoms with Crippen molar-refractivity contribution in [2.45, 2.75) is 25.0 Å². The monoisotopic (exact) mass is 526 g/mol. The molecular formula is C24H32Cl2N4O3S. The van der Waals surface area contributed by atoms with Crippen molar-refractivity contribution in [3.8, 4) is 0 Å². The van der Waals surface area contributed by atoms with E-state index in [1.54, 1.807) is 11.8 Å². The summed E-state index contributed by atoms with van der Waals surface area (Å²) in [7, 11) is 0. The molecule has 2 saturated heterocycles. The van der Waals surface area contributed by atoms with Crippen LogP contribution in [0.2, 0.25) is 0 Å². The van der Waals surface area contributed by atoms with Crippen LogP contribution >= 0.6 is 36.6 Å². The first kappa shape index (κ1) is 27.0. The Labute approximate surface area is 216 Å². The molecule has 1 N–H and O–H groups in total. The molecule has 186 valence electrons. The third kappa shape index (κ3) is 5.79. The molecule has 2 fully saturated rings. The normalized spacial score (nSPS) is 19.3. The molecule has 3 aliphatic heterocycles. The van der Waals surface area contributed by atoms with Crippen LogP contribution in [0.25, 0.3) is 10.9 Å². The van der Waals surface area contributed by atoms with E-state index in [2.05, 4.69) is 14.8 Å². The molecule has 34 heavy (non-hydrogen) atoms. The minimum atomic E-state index is 0. The molecule has 4 heterocycles. The number of hydrogen-bond acceptors (Lipinski definition) is 6.